The van der Waals surface area contributed by atoms with Crippen molar-refractivity contribution in [1.82, 2.24) is 0 Å². The highest BCUT2D eigenvalue weighted by Gasteiger charge is 2.08. The monoisotopic (exact) mass is 246 g/mol. The van der Waals surface area contributed by atoms with E-state index in [9.17, 15) is 4.79 Å². The van der Waals surface area contributed by atoms with E-state index < -0.39 is 5.97 Å². The van der Waals surface area contributed by atoms with Crippen molar-refractivity contribution in [2.75, 3.05) is 0 Å². The van der Waals surface area contributed by atoms with Crippen molar-refractivity contribution in [3.05, 3.63) is 34.9 Å². The van der Waals surface area contributed by atoms with Gasteiger partial charge in [-0.2, -0.15) is 0 Å². The molecule has 0 aromatic heterocycles. The fourth-order valence-corrected chi connectivity index (χ4v) is 1.70. The van der Waals surface area contributed by atoms with Gasteiger partial charge in [0.2, 0.25) is 0 Å². The van der Waals surface area contributed by atoms with E-state index in [0.29, 0.717) is 17.9 Å². The van der Waals surface area contributed by atoms with Crippen LogP contribution in [-0.2, 0) is 4.79 Å². The van der Waals surface area contributed by atoms with Crippen molar-refractivity contribution in [2.24, 2.45) is 0 Å². The van der Waals surface area contributed by atoms with Crippen LogP contribution in [0.15, 0.2) is 24.3 Å². The predicted molar refractivity (Wildman–Crippen MR) is 61.5 cm³/mol. The van der Waals surface area contributed by atoms with Gasteiger partial charge in [0.05, 0.1) is 5.38 Å². The third-order valence-electron chi connectivity index (χ3n) is 2.08. The third kappa shape index (κ3) is 4.54. The zero-order valence-electron chi connectivity index (χ0n) is 8.12. The summed E-state index contributed by atoms with van der Waals surface area (Å²) in [6.45, 7) is 0. The molecule has 0 amide bonds. The molecular formula is C11H12Cl2O2. The molecule has 2 nitrogen and oxygen atoms in total. The van der Waals surface area contributed by atoms with E-state index >= 15 is 0 Å². The van der Waals surface area contributed by atoms with Gasteiger partial charge in [-0.05, 0) is 30.5 Å². The zero-order valence-corrected chi connectivity index (χ0v) is 9.63. The first kappa shape index (κ1) is 12.3. The van der Waals surface area contributed by atoms with E-state index in [1.807, 2.05) is 12.1 Å². The lowest BCUT2D eigenvalue weighted by Gasteiger charge is -2.08. The van der Waals surface area contributed by atoms with Gasteiger partial charge in [-0.15, -0.1) is 11.6 Å². The molecule has 0 fully saturated rings. The minimum atomic E-state index is -0.782. The highest BCUT2D eigenvalue weighted by atomic mass is 35.5. The van der Waals surface area contributed by atoms with E-state index in [1.54, 1.807) is 12.1 Å². The van der Waals surface area contributed by atoms with Gasteiger partial charge in [-0.25, -0.2) is 0 Å². The summed E-state index contributed by atoms with van der Waals surface area (Å²) in [5.41, 5.74) is 0.978. The second-order valence-electron chi connectivity index (χ2n) is 3.31. The summed E-state index contributed by atoms with van der Waals surface area (Å²) >= 11 is 11.8. The molecule has 1 aromatic carbocycles. The Morgan fingerprint density at radius 2 is 1.93 bits per heavy atom. The van der Waals surface area contributed by atoms with Gasteiger partial charge in [0.1, 0.15) is 0 Å². The molecule has 0 aliphatic rings. The molecule has 1 N–H and O–H groups in total. The number of carboxylic acids is 1. The molecule has 0 saturated carbocycles. The van der Waals surface area contributed by atoms with Crippen molar-refractivity contribution >= 4 is 29.2 Å². The number of hydrogen-bond acceptors (Lipinski definition) is 1. The molecule has 0 spiro atoms. The molecular weight excluding hydrogens is 235 g/mol. The first-order valence-electron chi connectivity index (χ1n) is 4.71. The molecule has 0 aliphatic heterocycles. The molecule has 0 saturated heterocycles. The first-order valence-corrected chi connectivity index (χ1v) is 5.52. The lowest BCUT2D eigenvalue weighted by atomic mass is 10.1. The largest absolute Gasteiger partial charge is 0.481 e. The van der Waals surface area contributed by atoms with Gasteiger partial charge in [0.15, 0.2) is 0 Å². The van der Waals surface area contributed by atoms with Crippen molar-refractivity contribution in [2.45, 2.75) is 24.6 Å². The highest BCUT2D eigenvalue weighted by Crippen LogP contribution is 2.27. The van der Waals surface area contributed by atoms with Gasteiger partial charge >= 0.3 is 5.97 Å². The van der Waals surface area contributed by atoms with Crippen LogP contribution in [0, 0.1) is 0 Å². The number of benzene rings is 1. The molecule has 0 aliphatic carbocycles. The quantitative estimate of drug-likeness (QED) is 0.801. The SMILES string of the molecule is O=C(O)CCCC(Cl)c1ccc(Cl)cc1. The number of alkyl halides is 1. The minimum Gasteiger partial charge on any atom is -0.481 e. The lowest BCUT2D eigenvalue weighted by molar-refractivity contribution is -0.137. The fraction of sp³-hybridized carbons (Fsp3) is 0.364. The van der Waals surface area contributed by atoms with Gasteiger partial charge in [0.25, 0.3) is 0 Å². The standard InChI is InChI=1S/C11H12Cl2O2/c12-9-6-4-8(5-7-9)10(13)2-1-3-11(14)15/h4-7,10H,1-3H2,(H,14,15). The van der Waals surface area contributed by atoms with Crippen LogP contribution in [-0.4, -0.2) is 11.1 Å². The molecule has 1 rings (SSSR count). The molecule has 0 heterocycles. The Morgan fingerprint density at radius 1 is 1.33 bits per heavy atom. The minimum absolute atomic E-state index is 0.137. The maximum atomic E-state index is 10.3. The van der Waals surface area contributed by atoms with Crippen LogP contribution < -0.4 is 0 Å². The molecule has 4 heteroatoms. The van der Waals surface area contributed by atoms with Crippen LogP contribution in [0.3, 0.4) is 0 Å². The normalized spacial score (nSPS) is 12.4. The summed E-state index contributed by atoms with van der Waals surface area (Å²) in [6, 6.07) is 7.29. The van der Waals surface area contributed by atoms with Crippen molar-refractivity contribution in [3.63, 3.8) is 0 Å². The van der Waals surface area contributed by atoms with Crippen LogP contribution in [0.1, 0.15) is 30.2 Å². The van der Waals surface area contributed by atoms with E-state index in [-0.39, 0.29) is 11.8 Å². The summed E-state index contributed by atoms with van der Waals surface area (Å²) in [7, 11) is 0. The van der Waals surface area contributed by atoms with Crippen LogP contribution in [0.4, 0.5) is 0 Å². The van der Waals surface area contributed by atoms with Crippen molar-refractivity contribution in [1.29, 1.82) is 0 Å². The summed E-state index contributed by atoms with van der Waals surface area (Å²) in [5, 5.41) is 9.01. The Bertz CT molecular complexity index is 322. The molecule has 1 aromatic rings. The summed E-state index contributed by atoms with van der Waals surface area (Å²) in [4.78, 5) is 10.3. The van der Waals surface area contributed by atoms with E-state index in [4.69, 9.17) is 28.3 Å². The van der Waals surface area contributed by atoms with Crippen molar-refractivity contribution < 1.29 is 9.90 Å². The average molecular weight is 247 g/mol. The average Bonchev–Trinajstić information content (AvgIpc) is 2.18. The van der Waals surface area contributed by atoms with Crippen LogP contribution in [0.2, 0.25) is 5.02 Å². The number of aliphatic carboxylic acids is 1. The molecule has 0 radical (unpaired) electrons. The Morgan fingerprint density at radius 3 is 2.47 bits per heavy atom. The molecule has 15 heavy (non-hydrogen) atoms. The van der Waals surface area contributed by atoms with Gasteiger partial charge in [-0.1, -0.05) is 23.7 Å². The number of carboxylic acid groups (broad SMARTS) is 1. The van der Waals surface area contributed by atoms with Gasteiger partial charge in [-0.3, -0.25) is 4.79 Å². The van der Waals surface area contributed by atoms with Crippen molar-refractivity contribution in [3.8, 4) is 0 Å². The van der Waals surface area contributed by atoms with Gasteiger partial charge < -0.3 is 5.11 Å². The zero-order chi connectivity index (χ0) is 11.3. The summed E-state index contributed by atoms with van der Waals surface area (Å²) < 4.78 is 0. The summed E-state index contributed by atoms with van der Waals surface area (Å²) in [6.07, 6.45) is 1.42. The number of rotatable bonds is 5. The molecule has 1 unspecified atom stereocenters. The number of halogens is 2. The maximum Gasteiger partial charge on any atom is 0.303 e. The van der Waals surface area contributed by atoms with E-state index in [1.165, 1.54) is 0 Å². The Labute approximate surface area is 98.8 Å². The smallest absolute Gasteiger partial charge is 0.303 e. The lowest BCUT2D eigenvalue weighted by Crippen LogP contribution is -1.96. The highest BCUT2D eigenvalue weighted by molar-refractivity contribution is 6.30. The fourth-order valence-electron chi connectivity index (χ4n) is 1.27. The molecule has 1 atom stereocenters. The van der Waals surface area contributed by atoms with Gasteiger partial charge in [0, 0.05) is 11.4 Å². The summed E-state index contributed by atoms with van der Waals surface area (Å²) in [5.74, 6) is -0.782. The van der Waals surface area contributed by atoms with Crippen LogP contribution in [0.5, 0.6) is 0 Å². The van der Waals surface area contributed by atoms with E-state index in [2.05, 4.69) is 0 Å². The predicted octanol–water partition coefficient (Wildman–Crippen LogP) is 3.87. The maximum absolute atomic E-state index is 10.3. The molecule has 82 valence electrons. The topological polar surface area (TPSA) is 37.3 Å². The molecule has 0 bridgehead atoms. The third-order valence-corrected chi connectivity index (χ3v) is 2.80. The Kier molecular flexibility index (Phi) is 4.92. The number of carbonyl (C=O) groups is 1. The van der Waals surface area contributed by atoms with E-state index in [0.717, 1.165) is 5.56 Å². The second kappa shape index (κ2) is 5.99. The number of hydrogen-bond donors (Lipinski definition) is 1. The Hall–Kier alpha value is -0.730. The van der Waals surface area contributed by atoms with Crippen LogP contribution >= 0.6 is 23.2 Å². The first-order chi connectivity index (χ1) is 7.09. The Balaban J connectivity index is 2.43. The van der Waals surface area contributed by atoms with Crippen LogP contribution in [0.25, 0.3) is 0 Å². The second-order valence-corrected chi connectivity index (χ2v) is 4.27.